The molecule has 0 amide bonds. The highest BCUT2D eigenvalue weighted by Gasteiger charge is 2.16. The van der Waals surface area contributed by atoms with Crippen LogP contribution in [0.3, 0.4) is 0 Å². The van der Waals surface area contributed by atoms with Crippen molar-refractivity contribution >= 4 is 5.96 Å². The third kappa shape index (κ3) is 8.83. The topological polar surface area (TPSA) is 77.0 Å². The van der Waals surface area contributed by atoms with E-state index in [4.69, 9.17) is 14.2 Å². The number of aromatic nitrogens is 1. The summed E-state index contributed by atoms with van der Waals surface area (Å²) in [6.45, 7) is 8.95. The number of hydrogen-bond donors (Lipinski definition) is 2. The fraction of sp³-hybridized carbons (Fsp3) is 0.455. The van der Waals surface area contributed by atoms with Crippen molar-refractivity contribution in [1.82, 2.24) is 15.6 Å². The predicted molar refractivity (Wildman–Crippen MR) is 116 cm³/mol. The van der Waals surface area contributed by atoms with Gasteiger partial charge in [-0.05, 0) is 38.5 Å². The number of hydrogen-bond acceptors (Lipinski definition) is 5. The summed E-state index contributed by atoms with van der Waals surface area (Å²) < 4.78 is 16.7. The Morgan fingerprint density at radius 1 is 1.03 bits per heavy atom. The van der Waals surface area contributed by atoms with Crippen LogP contribution in [0.25, 0.3) is 0 Å². The molecule has 2 N–H and O–H groups in total. The van der Waals surface area contributed by atoms with Crippen molar-refractivity contribution in [2.75, 3.05) is 33.4 Å². The summed E-state index contributed by atoms with van der Waals surface area (Å²) in [5.74, 6) is 2.15. The lowest BCUT2D eigenvalue weighted by molar-refractivity contribution is 0.0268. The summed E-state index contributed by atoms with van der Waals surface area (Å²) in [5.41, 5.74) is 0.738. The van der Waals surface area contributed by atoms with E-state index in [-0.39, 0.29) is 5.60 Å². The molecule has 0 aliphatic heterocycles. The number of rotatable bonds is 11. The second kappa shape index (κ2) is 11.9. The Balaban J connectivity index is 1.78. The molecule has 2 aromatic rings. The maximum absolute atomic E-state index is 5.62. The van der Waals surface area contributed by atoms with Crippen molar-refractivity contribution in [3.8, 4) is 11.6 Å². The van der Waals surface area contributed by atoms with Gasteiger partial charge >= 0.3 is 0 Å². The molecule has 0 saturated heterocycles. The number of nitrogens with one attached hydrogen (secondary N) is 2. The van der Waals surface area contributed by atoms with Crippen molar-refractivity contribution in [3.05, 3.63) is 54.2 Å². The first kappa shape index (κ1) is 22.5. The molecule has 0 atom stereocenters. The van der Waals surface area contributed by atoms with Crippen molar-refractivity contribution in [2.45, 2.75) is 32.9 Å². The van der Waals surface area contributed by atoms with Crippen molar-refractivity contribution < 1.29 is 14.2 Å². The lowest BCUT2D eigenvalue weighted by atomic mass is 10.1. The Bertz CT molecular complexity index is 733. The molecule has 0 saturated carbocycles. The molecule has 7 heteroatoms. The third-order valence-electron chi connectivity index (χ3n) is 4.14. The monoisotopic (exact) mass is 400 g/mol. The van der Waals surface area contributed by atoms with Gasteiger partial charge in [0.05, 0.1) is 12.1 Å². The average molecular weight is 401 g/mol. The number of benzene rings is 1. The maximum Gasteiger partial charge on any atom is 0.213 e. The predicted octanol–water partition coefficient (Wildman–Crippen LogP) is 3.02. The molecule has 1 aromatic heterocycles. The van der Waals surface area contributed by atoms with Crippen LogP contribution in [0, 0.1) is 0 Å². The quantitative estimate of drug-likeness (QED) is 0.343. The van der Waals surface area contributed by atoms with E-state index in [1.54, 1.807) is 13.3 Å². The van der Waals surface area contributed by atoms with E-state index in [0.29, 0.717) is 32.2 Å². The normalized spacial score (nSPS) is 11.8. The highest BCUT2D eigenvalue weighted by Crippen LogP contribution is 2.10. The van der Waals surface area contributed by atoms with Crippen molar-refractivity contribution in [2.24, 2.45) is 4.99 Å². The van der Waals surface area contributed by atoms with Crippen LogP contribution < -0.4 is 20.1 Å². The van der Waals surface area contributed by atoms with Crippen LogP contribution in [0.1, 0.15) is 26.3 Å². The molecular formula is C22H32N4O3. The van der Waals surface area contributed by atoms with Crippen LogP contribution in [-0.4, -0.2) is 50.0 Å². The van der Waals surface area contributed by atoms with Gasteiger partial charge in [0.2, 0.25) is 5.88 Å². The second-order valence-electron chi connectivity index (χ2n) is 7.03. The molecule has 0 fully saturated rings. The SMILES string of the molecule is CCNC(=NCc1ccc(OCCOc2ccccc2)nc1)NCC(C)(C)OC. The molecule has 2 rings (SSSR count). The number of pyridine rings is 1. The summed E-state index contributed by atoms with van der Waals surface area (Å²) in [5, 5.41) is 6.53. The molecule has 1 heterocycles. The molecule has 7 nitrogen and oxygen atoms in total. The average Bonchev–Trinajstić information content (AvgIpc) is 2.75. The van der Waals surface area contributed by atoms with E-state index in [1.165, 1.54) is 0 Å². The zero-order chi connectivity index (χ0) is 21.0. The molecule has 29 heavy (non-hydrogen) atoms. The lowest BCUT2D eigenvalue weighted by Gasteiger charge is -2.24. The van der Waals surface area contributed by atoms with Crippen LogP contribution in [-0.2, 0) is 11.3 Å². The van der Waals surface area contributed by atoms with Crippen LogP contribution >= 0.6 is 0 Å². The second-order valence-corrected chi connectivity index (χ2v) is 7.03. The van der Waals surface area contributed by atoms with Crippen molar-refractivity contribution in [1.29, 1.82) is 0 Å². The van der Waals surface area contributed by atoms with Gasteiger partial charge in [-0.2, -0.15) is 0 Å². The van der Waals surface area contributed by atoms with E-state index in [2.05, 4.69) is 20.6 Å². The van der Waals surface area contributed by atoms with Gasteiger partial charge in [0.1, 0.15) is 19.0 Å². The largest absolute Gasteiger partial charge is 0.490 e. The number of methoxy groups -OCH3 is 1. The van der Waals surface area contributed by atoms with Gasteiger partial charge in [-0.1, -0.05) is 24.3 Å². The first-order valence-electron chi connectivity index (χ1n) is 9.85. The minimum absolute atomic E-state index is 0.263. The third-order valence-corrected chi connectivity index (χ3v) is 4.14. The van der Waals surface area contributed by atoms with E-state index in [0.717, 1.165) is 23.8 Å². The Hall–Kier alpha value is -2.80. The Labute approximate surface area is 173 Å². The molecule has 0 bridgehead atoms. The number of nitrogens with zero attached hydrogens (tertiary/aromatic N) is 2. The van der Waals surface area contributed by atoms with Crippen LogP contribution in [0.4, 0.5) is 0 Å². The number of para-hydroxylation sites is 1. The van der Waals surface area contributed by atoms with Gasteiger partial charge in [0.15, 0.2) is 5.96 Å². The molecule has 158 valence electrons. The van der Waals surface area contributed by atoms with E-state index >= 15 is 0 Å². The number of guanidine groups is 1. The number of ether oxygens (including phenoxy) is 3. The minimum Gasteiger partial charge on any atom is -0.490 e. The zero-order valence-corrected chi connectivity index (χ0v) is 17.8. The first-order valence-corrected chi connectivity index (χ1v) is 9.85. The Morgan fingerprint density at radius 2 is 1.79 bits per heavy atom. The molecule has 0 aliphatic carbocycles. The van der Waals surface area contributed by atoms with Crippen LogP contribution in [0.5, 0.6) is 11.6 Å². The summed E-state index contributed by atoms with van der Waals surface area (Å²) in [6.07, 6.45) is 1.78. The highest BCUT2D eigenvalue weighted by atomic mass is 16.5. The fourth-order valence-corrected chi connectivity index (χ4v) is 2.29. The zero-order valence-electron chi connectivity index (χ0n) is 17.8. The van der Waals surface area contributed by atoms with Crippen LogP contribution in [0.15, 0.2) is 53.7 Å². The van der Waals surface area contributed by atoms with Crippen molar-refractivity contribution in [3.63, 3.8) is 0 Å². The molecule has 0 unspecified atom stereocenters. The Kier molecular flexibility index (Phi) is 9.24. The number of aliphatic imine (C=N–C) groups is 1. The summed E-state index contributed by atoms with van der Waals surface area (Å²) >= 11 is 0. The minimum atomic E-state index is -0.263. The molecular weight excluding hydrogens is 368 g/mol. The Morgan fingerprint density at radius 3 is 2.45 bits per heavy atom. The molecule has 0 aliphatic rings. The highest BCUT2D eigenvalue weighted by molar-refractivity contribution is 5.79. The van der Waals surface area contributed by atoms with E-state index in [1.807, 2.05) is 63.2 Å². The van der Waals surface area contributed by atoms with Crippen LogP contribution in [0.2, 0.25) is 0 Å². The van der Waals surface area contributed by atoms with Gasteiger partial charge < -0.3 is 24.8 Å². The van der Waals surface area contributed by atoms with Gasteiger partial charge in [0.25, 0.3) is 0 Å². The van der Waals surface area contributed by atoms with Gasteiger partial charge in [0, 0.05) is 32.5 Å². The lowest BCUT2D eigenvalue weighted by Crippen LogP contribution is -2.45. The maximum atomic E-state index is 5.62. The molecule has 0 spiro atoms. The molecule has 1 aromatic carbocycles. The summed E-state index contributed by atoms with van der Waals surface area (Å²) in [6, 6.07) is 13.5. The first-order chi connectivity index (χ1) is 14.0. The van der Waals surface area contributed by atoms with E-state index < -0.39 is 0 Å². The smallest absolute Gasteiger partial charge is 0.213 e. The molecule has 0 radical (unpaired) electrons. The van der Waals surface area contributed by atoms with E-state index in [9.17, 15) is 0 Å². The van der Waals surface area contributed by atoms with Gasteiger partial charge in [-0.25, -0.2) is 9.98 Å². The standard InChI is InChI=1S/C22H32N4O3/c1-5-23-21(26-17-22(2,3)27-4)25-16-18-11-12-20(24-15-18)29-14-13-28-19-9-7-6-8-10-19/h6-12,15H,5,13-14,16-17H2,1-4H3,(H2,23,25,26). The fourth-order valence-electron chi connectivity index (χ4n) is 2.29. The summed E-state index contributed by atoms with van der Waals surface area (Å²) in [7, 11) is 1.70. The van der Waals surface area contributed by atoms with Gasteiger partial charge in [-0.15, -0.1) is 0 Å². The van der Waals surface area contributed by atoms with Gasteiger partial charge in [-0.3, -0.25) is 0 Å². The summed E-state index contributed by atoms with van der Waals surface area (Å²) in [4.78, 5) is 8.94.